The van der Waals surface area contributed by atoms with Crippen LogP contribution in [0.3, 0.4) is 0 Å². The molecule has 2 fully saturated rings. The van der Waals surface area contributed by atoms with E-state index in [2.05, 4.69) is 15.5 Å². The van der Waals surface area contributed by atoms with E-state index in [0.717, 1.165) is 30.8 Å². The van der Waals surface area contributed by atoms with Gasteiger partial charge in [0.15, 0.2) is 0 Å². The maximum absolute atomic E-state index is 12.9. The van der Waals surface area contributed by atoms with Gasteiger partial charge in [-0.3, -0.25) is 9.69 Å². The molecule has 0 bridgehead atoms. The molecule has 0 radical (unpaired) electrons. The number of hydrogen-bond acceptors (Lipinski definition) is 4. The Morgan fingerprint density at radius 2 is 1.44 bits per heavy atom. The average Bonchev–Trinajstić information content (AvgIpc) is 2.85. The van der Waals surface area contributed by atoms with E-state index >= 15 is 0 Å². The molecular formula is C24H28F3N5O2. The fourth-order valence-corrected chi connectivity index (χ4v) is 4.12. The van der Waals surface area contributed by atoms with Gasteiger partial charge in [0.25, 0.3) is 5.91 Å². The summed E-state index contributed by atoms with van der Waals surface area (Å²) in [4.78, 5) is 30.8. The zero-order valence-electron chi connectivity index (χ0n) is 18.8. The quantitative estimate of drug-likeness (QED) is 0.713. The van der Waals surface area contributed by atoms with Gasteiger partial charge in [-0.05, 0) is 42.0 Å². The van der Waals surface area contributed by atoms with Crippen molar-refractivity contribution in [2.45, 2.75) is 12.7 Å². The Balaban J connectivity index is 1.25. The summed E-state index contributed by atoms with van der Waals surface area (Å²) in [6.07, 6.45) is -4.33. The molecule has 2 aromatic rings. The molecule has 2 heterocycles. The summed E-state index contributed by atoms with van der Waals surface area (Å²) in [6, 6.07) is 11.9. The van der Waals surface area contributed by atoms with Gasteiger partial charge < -0.3 is 20.4 Å². The van der Waals surface area contributed by atoms with E-state index in [0.29, 0.717) is 57.1 Å². The highest BCUT2D eigenvalue weighted by molar-refractivity contribution is 5.95. The van der Waals surface area contributed by atoms with Gasteiger partial charge in [-0.2, -0.15) is 13.2 Å². The number of benzene rings is 2. The summed E-state index contributed by atoms with van der Waals surface area (Å²) in [6.45, 7) is 5.79. The van der Waals surface area contributed by atoms with E-state index in [1.807, 2.05) is 0 Å². The molecule has 0 spiro atoms. The molecule has 2 saturated heterocycles. The van der Waals surface area contributed by atoms with E-state index in [1.165, 1.54) is 12.1 Å². The number of anilines is 1. The Morgan fingerprint density at radius 1 is 0.824 bits per heavy atom. The van der Waals surface area contributed by atoms with Crippen molar-refractivity contribution >= 4 is 17.6 Å². The summed E-state index contributed by atoms with van der Waals surface area (Å²) in [5.74, 6) is -0.0749. The van der Waals surface area contributed by atoms with Crippen molar-refractivity contribution in [2.24, 2.45) is 0 Å². The van der Waals surface area contributed by atoms with Crippen LogP contribution in [-0.2, 0) is 12.7 Å². The van der Waals surface area contributed by atoms with Crippen LogP contribution in [0.15, 0.2) is 48.5 Å². The molecule has 7 nitrogen and oxygen atoms in total. The normalized spacial score (nSPS) is 17.5. The molecule has 4 rings (SSSR count). The predicted molar refractivity (Wildman–Crippen MR) is 123 cm³/mol. The fraction of sp³-hybridized carbons (Fsp3) is 0.417. The second kappa shape index (κ2) is 10.4. The highest BCUT2D eigenvalue weighted by Crippen LogP contribution is 2.29. The molecule has 2 aliphatic rings. The lowest BCUT2D eigenvalue weighted by molar-refractivity contribution is -0.137. The molecule has 3 amide bonds. The molecule has 0 aromatic heterocycles. The van der Waals surface area contributed by atoms with Gasteiger partial charge in [0.05, 0.1) is 5.56 Å². The lowest BCUT2D eigenvalue weighted by Crippen LogP contribution is -2.48. The maximum atomic E-state index is 12.9. The number of nitrogens with one attached hydrogen (secondary N) is 2. The van der Waals surface area contributed by atoms with Crippen LogP contribution in [0.25, 0.3) is 0 Å². The maximum Gasteiger partial charge on any atom is 0.416 e. The fourth-order valence-electron chi connectivity index (χ4n) is 4.12. The standard InChI is InChI=1S/C24H28F3N5O2/c25-24(26,27)20-5-1-18(2-6-20)17-30-13-15-31(16-14-30)22(33)19-3-7-21(8-4-19)29-23(34)32-11-9-28-10-12-32/h1-8,28H,9-17H2,(H,29,34). The number of amides is 3. The zero-order chi connectivity index (χ0) is 24.1. The number of halogens is 3. The Bertz CT molecular complexity index is 981. The monoisotopic (exact) mass is 475 g/mol. The van der Waals surface area contributed by atoms with Crippen LogP contribution in [0.1, 0.15) is 21.5 Å². The van der Waals surface area contributed by atoms with Crippen molar-refractivity contribution in [2.75, 3.05) is 57.7 Å². The van der Waals surface area contributed by atoms with E-state index in [1.54, 1.807) is 34.1 Å². The highest BCUT2D eigenvalue weighted by atomic mass is 19.4. The number of carbonyl (C=O) groups excluding carboxylic acids is 2. The van der Waals surface area contributed by atoms with Crippen LogP contribution in [0.4, 0.5) is 23.7 Å². The number of alkyl halides is 3. The van der Waals surface area contributed by atoms with Crippen LogP contribution in [0, 0.1) is 0 Å². The first kappa shape index (κ1) is 24.0. The number of rotatable bonds is 4. The number of carbonyl (C=O) groups is 2. The molecule has 0 unspecified atom stereocenters. The van der Waals surface area contributed by atoms with E-state index in [4.69, 9.17) is 0 Å². The second-order valence-corrected chi connectivity index (χ2v) is 8.51. The van der Waals surface area contributed by atoms with E-state index in [9.17, 15) is 22.8 Å². The van der Waals surface area contributed by atoms with Crippen LogP contribution < -0.4 is 10.6 Å². The third-order valence-corrected chi connectivity index (χ3v) is 6.13. The molecule has 2 aromatic carbocycles. The van der Waals surface area contributed by atoms with Crippen molar-refractivity contribution in [1.82, 2.24) is 20.0 Å². The Morgan fingerprint density at radius 3 is 2.03 bits per heavy atom. The molecule has 0 saturated carbocycles. The predicted octanol–water partition coefficient (Wildman–Crippen LogP) is 3.10. The van der Waals surface area contributed by atoms with Crippen LogP contribution in [-0.4, -0.2) is 79.0 Å². The number of urea groups is 1. The molecule has 0 atom stereocenters. The summed E-state index contributed by atoms with van der Waals surface area (Å²) in [5.41, 5.74) is 1.35. The Labute approximate surface area is 196 Å². The molecular weight excluding hydrogens is 447 g/mol. The van der Waals surface area contributed by atoms with Crippen molar-refractivity contribution in [3.8, 4) is 0 Å². The highest BCUT2D eigenvalue weighted by Gasteiger charge is 2.30. The van der Waals surface area contributed by atoms with Gasteiger partial charge in [0.2, 0.25) is 0 Å². The summed E-state index contributed by atoms with van der Waals surface area (Å²) in [7, 11) is 0. The first-order valence-corrected chi connectivity index (χ1v) is 11.3. The molecule has 2 N–H and O–H groups in total. The molecule has 10 heteroatoms. The van der Waals surface area contributed by atoms with Crippen molar-refractivity contribution in [1.29, 1.82) is 0 Å². The van der Waals surface area contributed by atoms with Crippen LogP contribution in [0.5, 0.6) is 0 Å². The second-order valence-electron chi connectivity index (χ2n) is 8.51. The minimum atomic E-state index is -4.33. The smallest absolute Gasteiger partial charge is 0.336 e. The first-order valence-electron chi connectivity index (χ1n) is 11.3. The molecule has 34 heavy (non-hydrogen) atoms. The lowest BCUT2D eigenvalue weighted by Gasteiger charge is -2.35. The Kier molecular flexibility index (Phi) is 7.38. The number of nitrogens with zero attached hydrogens (tertiary/aromatic N) is 3. The average molecular weight is 476 g/mol. The van der Waals surface area contributed by atoms with Gasteiger partial charge in [-0.15, -0.1) is 0 Å². The van der Waals surface area contributed by atoms with Gasteiger partial charge >= 0.3 is 12.2 Å². The summed E-state index contributed by atoms with van der Waals surface area (Å²) < 4.78 is 38.2. The van der Waals surface area contributed by atoms with Gasteiger partial charge in [0.1, 0.15) is 0 Å². The molecule has 182 valence electrons. The largest absolute Gasteiger partial charge is 0.416 e. The molecule has 0 aliphatic carbocycles. The van der Waals surface area contributed by atoms with Gasteiger partial charge in [0, 0.05) is 70.2 Å². The third-order valence-electron chi connectivity index (χ3n) is 6.13. The minimum absolute atomic E-state index is 0.0749. The van der Waals surface area contributed by atoms with Crippen molar-refractivity contribution in [3.63, 3.8) is 0 Å². The van der Waals surface area contributed by atoms with Crippen molar-refractivity contribution in [3.05, 3.63) is 65.2 Å². The van der Waals surface area contributed by atoms with E-state index < -0.39 is 11.7 Å². The Hall–Kier alpha value is -3.11. The first-order chi connectivity index (χ1) is 16.3. The third kappa shape index (κ3) is 6.06. The number of piperazine rings is 2. The summed E-state index contributed by atoms with van der Waals surface area (Å²) in [5, 5.41) is 6.07. The molecule has 2 aliphatic heterocycles. The van der Waals surface area contributed by atoms with Gasteiger partial charge in [-0.1, -0.05) is 12.1 Å². The van der Waals surface area contributed by atoms with E-state index in [-0.39, 0.29) is 11.9 Å². The van der Waals surface area contributed by atoms with Gasteiger partial charge in [-0.25, -0.2) is 4.79 Å². The lowest BCUT2D eigenvalue weighted by atomic mass is 10.1. The zero-order valence-corrected chi connectivity index (χ0v) is 18.8. The number of hydrogen-bond donors (Lipinski definition) is 2. The minimum Gasteiger partial charge on any atom is -0.336 e. The topological polar surface area (TPSA) is 67.9 Å². The summed E-state index contributed by atoms with van der Waals surface area (Å²) >= 11 is 0. The SMILES string of the molecule is O=C(Nc1ccc(C(=O)N2CCN(Cc3ccc(C(F)(F)F)cc3)CC2)cc1)N1CCNCC1. The van der Waals surface area contributed by atoms with Crippen LogP contribution in [0.2, 0.25) is 0 Å². The van der Waals surface area contributed by atoms with Crippen LogP contribution >= 0.6 is 0 Å². The van der Waals surface area contributed by atoms with Crippen molar-refractivity contribution < 1.29 is 22.8 Å².